The number of anilines is 1. The van der Waals surface area contributed by atoms with Crippen LogP contribution >= 0.6 is 11.6 Å². The standard InChI is InChI=1S/C35H37ClFN3O4S/c1-24(2)38-35(42)33(21-27-10-6-5-7-11-27)39(22-28-12-8-9-13-31(28)37)34(41)23-40(32-19-16-29(36)20-26(32)4)45(43,44)30-17-14-25(3)15-18-30/h5-20,24,33H,21-23H2,1-4H3,(H,38,42)/t33-/m0/s1. The van der Waals surface area contributed by atoms with Crippen LogP contribution in [-0.2, 0) is 32.6 Å². The van der Waals surface area contributed by atoms with Crippen molar-refractivity contribution in [2.24, 2.45) is 0 Å². The largest absolute Gasteiger partial charge is 0.352 e. The minimum atomic E-state index is -4.27. The van der Waals surface area contributed by atoms with Crippen LogP contribution in [0.2, 0.25) is 5.02 Å². The van der Waals surface area contributed by atoms with Crippen LogP contribution in [0, 0.1) is 19.7 Å². The molecule has 0 saturated heterocycles. The molecular formula is C35H37ClFN3O4S. The van der Waals surface area contributed by atoms with Crippen molar-refractivity contribution in [2.75, 3.05) is 10.8 Å². The molecule has 0 aliphatic rings. The Kier molecular flexibility index (Phi) is 11.0. The molecule has 0 aromatic heterocycles. The van der Waals surface area contributed by atoms with Crippen LogP contribution in [0.4, 0.5) is 10.1 Å². The maximum atomic E-state index is 15.0. The summed E-state index contributed by atoms with van der Waals surface area (Å²) in [7, 11) is -4.27. The molecule has 0 unspecified atom stereocenters. The number of hydrogen-bond donors (Lipinski definition) is 1. The molecule has 0 fully saturated rings. The molecule has 45 heavy (non-hydrogen) atoms. The van der Waals surface area contributed by atoms with Crippen molar-refractivity contribution < 1.29 is 22.4 Å². The van der Waals surface area contributed by atoms with Gasteiger partial charge in [-0.3, -0.25) is 13.9 Å². The molecule has 2 amide bonds. The molecule has 0 radical (unpaired) electrons. The van der Waals surface area contributed by atoms with E-state index < -0.39 is 40.2 Å². The fraction of sp³-hybridized carbons (Fsp3) is 0.257. The van der Waals surface area contributed by atoms with Gasteiger partial charge < -0.3 is 10.2 Å². The van der Waals surface area contributed by atoms with E-state index in [9.17, 15) is 18.0 Å². The van der Waals surface area contributed by atoms with Gasteiger partial charge in [0.25, 0.3) is 10.0 Å². The van der Waals surface area contributed by atoms with E-state index in [0.717, 1.165) is 15.4 Å². The summed E-state index contributed by atoms with van der Waals surface area (Å²) >= 11 is 6.20. The van der Waals surface area contributed by atoms with Crippen molar-refractivity contribution in [3.05, 3.63) is 130 Å². The lowest BCUT2D eigenvalue weighted by molar-refractivity contribution is -0.140. The molecule has 0 saturated carbocycles. The number of carbonyl (C=O) groups excluding carboxylic acids is 2. The molecule has 7 nitrogen and oxygen atoms in total. The Morgan fingerprint density at radius 1 is 0.889 bits per heavy atom. The van der Waals surface area contributed by atoms with Gasteiger partial charge in [0, 0.05) is 29.6 Å². The van der Waals surface area contributed by atoms with Crippen molar-refractivity contribution in [3.63, 3.8) is 0 Å². The van der Waals surface area contributed by atoms with Crippen molar-refractivity contribution in [1.82, 2.24) is 10.2 Å². The minimum Gasteiger partial charge on any atom is -0.352 e. The summed E-state index contributed by atoms with van der Waals surface area (Å²) in [5.41, 5.74) is 2.63. The first-order chi connectivity index (χ1) is 21.4. The molecule has 10 heteroatoms. The van der Waals surface area contributed by atoms with Crippen LogP contribution in [0.3, 0.4) is 0 Å². The SMILES string of the molecule is Cc1ccc(S(=O)(=O)N(CC(=O)N(Cc2ccccc2F)[C@@H](Cc2ccccc2)C(=O)NC(C)C)c2ccc(Cl)cc2C)cc1. The third-order valence-electron chi connectivity index (χ3n) is 7.32. The smallest absolute Gasteiger partial charge is 0.264 e. The zero-order chi connectivity index (χ0) is 32.7. The van der Waals surface area contributed by atoms with E-state index >= 15 is 4.39 Å². The summed E-state index contributed by atoms with van der Waals surface area (Å²) in [4.78, 5) is 29.5. The molecule has 1 atom stereocenters. The van der Waals surface area contributed by atoms with Gasteiger partial charge in [-0.25, -0.2) is 12.8 Å². The lowest BCUT2D eigenvalue weighted by Crippen LogP contribution is -2.54. The first kappa shape index (κ1) is 33.7. The number of hydrogen-bond acceptors (Lipinski definition) is 4. The molecule has 4 aromatic carbocycles. The van der Waals surface area contributed by atoms with E-state index in [4.69, 9.17) is 11.6 Å². The van der Waals surface area contributed by atoms with Crippen LogP contribution in [0.1, 0.15) is 36.1 Å². The van der Waals surface area contributed by atoms with E-state index in [1.807, 2.05) is 37.3 Å². The Morgan fingerprint density at radius 2 is 1.53 bits per heavy atom. The molecule has 0 spiro atoms. The first-order valence-electron chi connectivity index (χ1n) is 14.6. The van der Waals surface area contributed by atoms with Gasteiger partial charge in [-0.2, -0.15) is 0 Å². The highest BCUT2D eigenvalue weighted by molar-refractivity contribution is 7.92. The highest BCUT2D eigenvalue weighted by atomic mass is 35.5. The molecular weight excluding hydrogens is 613 g/mol. The monoisotopic (exact) mass is 649 g/mol. The number of halogens is 2. The quantitative estimate of drug-likeness (QED) is 0.191. The highest BCUT2D eigenvalue weighted by Crippen LogP contribution is 2.30. The summed E-state index contributed by atoms with van der Waals surface area (Å²) < 4.78 is 44.4. The van der Waals surface area contributed by atoms with Crippen LogP contribution in [0.5, 0.6) is 0 Å². The van der Waals surface area contributed by atoms with E-state index in [2.05, 4.69) is 5.32 Å². The summed E-state index contributed by atoms with van der Waals surface area (Å²) in [5.74, 6) is -1.66. The second kappa shape index (κ2) is 14.7. The van der Waals surface area contributed by atoms with E-state index in [0.29, 0.717) is 10.6 Å². The fourth-order valence-electron chi connectivity index (χ4n) is 4.99. The molecule has 4 rings (SSSR count). The number of carbonyl (C=O) groups is 2. The molecule has 4 aromatic rings. The van der Waals surface area contributed by atoms with E-state index in [1.54, 1.807) is 63.2 Å². The number of nitrogens with zero attached hydrogens (tertiary/aromatic N) is 2. The molecule has 0 heterocycles. The predicted octanol–water partition coefficient (Wildman–Crippen LogP) is 6.46. The van der Waals surface area contributed by atoms with Crippen LogP contribution < -0.4 is 9.62 Å². The lowest BCUT2D eigenvalue weighted by atomic mass is 10.0. The van der Waals surface area contributed by atoms with Crippen molar-refractivity contribution in [1.29, 1.82) is 0 Å². The van der Waals surface area contributed by atoms with Gasteiger partial charge in [0.2, 0.25) is 11.8 Å². The average molecular weight is 650 g/mol. The topological polar surface area (TPSA) is 86.8 Å². The Morgan fingerprint density at radius 3 is 2.16 bits per heavy atom. The van der Waals surface area contributed by atoms with Crippen molar-refractivity contribution in [3.8, 4) is 0 Å². The number of nitrogens with one attached hydrogen (secondary N) is 1. The van der Waals surface area contributed by atoms with Gasteiger partial charge in [0.05, 0.1) is 10.6 Å². The normalized spacial score (nSPS) is 12.1. The number of rotatable bonds is 12. The zero-order valence-corrected chi connectivity index (χ0v) is 27.3. The number of benzene rings is 4. The second-order valence-electron chi connectivity index (χ2n) is 11.2. The average Bonchev–Trinajstić information content (AvgIpc) is 2.99. The second-order valence-corrected chi connectivity index (χ2v) is 13.5. The molecule has 0 aliphatic heterocycles. The lowest BCUT2D eigenvalue weighted by Gasteiger charge is -2.34. The third kappa shape index (κ3) is 8.49. The van der Waals surface area contributed by atoms with Crippen molar-refractivity contribution in [2.45, 2.75) is 57.6 Å². The predicted molar refractivity (Wildman–Crippen MR) is 176 cm³/mol. The fourth-order valence-corrected chi connectivity index (χ4v) is 6.70. The van der Waals surface area contributed by atoms with Crippen LogP contribution in [0.15, 0.2) is 102 Å². The number of sulfonamides is 1. The minimum absolute atomic E-state index is 0.00529. The maximum Gasteiger partial charge on any atom is 0.264 e. The van der Waals surface area contributed by atoms with Gasteiger partial charge in [-0.1, -0.05) is 77.8 Å². The third-order valence-corrected chi connectivity index (χ3v) is 9.32. The first-order valence-corrected chi connectivity index (χ1v) is 16.4. The highest BCUT2D eigenvalue weighted by Gasteiger charge is 2.35. The van der Waals surface area contributed by atoms with Crippen LogP contribution in [0.25, 0.3) is 0 Å². The Bertz CT molecular complexity index is 1750. The summed E-state index contributed by atoms with van der Waals surface area (Å²) in [5, 5.41) is 3.29. The van der Waals surface area contributed by atoms with Gasteiger partial charge in [-0.15, -0.1) is 0 Å². The Balaban J connectivity index is 1.84. The van der Waals surface area contributed by atoms with Crippen LogP contribution in [-0.4, -0.2) is 43.8 Å². The van der Waals surface area contributed by atoms with Gasteiger partial charge in [0.15, 0.2) is 0 Å². The maximum absolute atomic E-state index is 15.0. The zero-order valence-electron chi connectivity index (χ0n) is 25.7. The summed E-state index contributed by atoms with van der Waals surface area (Å²) in [6, 6.07) is 24.9. The van der Waals surface area contributed by atoms with Crippen molar-refractivity contribution >= 4 is 39.1 Å². The molecule has 0 bridgehead atoms. The van der Waals surface area contributed by atoms with Gasteiger partial charge in [0.1, 0.15) is 18.4 Å². The number of amides is 2. The number of aryl methyl sites for hydroxylation is 2. The molecule has 1 N–H and O–H groups in total. The summed E-state index contributed by atoms with van der Waals surface area (Å²) in [6.07, 6.45) is 0.129. The van der Waals surface area contributed by atoms with Gasteiger partial charge >= 0.3 is 0 Å². The molecule has 236 valence electrons. The van der Waals surface area contributed by atoms with E-state index in [1.165, 1.54) is 29.2 Å². The van der Waals surface area contributed by atoms with Gasteiger partial charge in [-0.05, 0) is 75.2 Å². The van der Waals surface area contributed by atoms with E-state index in [-0.39, 0.29) is 35.2 Å². The summed E-state index contributed by atoms with van der Waals surface area (Å²) in [6.45, 7) is 6.25. The Labute approximate surface area is 269 Å². The Hall–Kier alpha value is -4.21. The molecule has 0 aliphatic carbocycles.